The van der Waals surface area contributed by atoms with Crippen LogP contribution in [-0.4, -0.2) is 55.0 Å². The maximum absolute atomic E-state index is 13.1. The fraction of sp³-hybridized carbons (Fsp3) is 0.435. The Hall–Kier alpha value is -2.44. The predicted octanol–water partition coefficient (Wildman–Crippen LogP) is 3.05. The molecule has 2 aromatic carbocycles. The number of rotatable bonds is 7. The highest BCUT2D eigenvalue weighted by Gasteiger charge is 2.24. The molecule has 156 valence electrons. The SMILES string of the molecule is COc1ccccc1CNC(=O)C(C)N1CCCN(Cc2ccc(F)cc2)CC1. The second kappa shape index (κ2) is 10.4. The highest BCUT2D eigenvalue weighted by molar-refractivity contribution is 5.81. The summed E-state index contributed by atoms with van der Waals surface area (Å²) in [5.41, 5.74) is 2.08. The minimum Gasteiger partial charge on any atom is -0.496 e. The molecule has 0 bridgehead atoms. The van der Waals surface area contributed by atoms with E-state index in [-0.39, 0.29) is 17.8 Å². The molecular formula is C23H30FN3O2. The van der Waals surface area contributed by atoms with Crippen LogP contribution in [0.5, 0.6) is 5.75 Å². The molecule has 6 heteroatoms. The van der Waals surface area contributed by atoms with Gasteiger partial charge in [0.1, 0.15) is 11.6 Å². The number of hydrogen-bond donors (Lipinski definition) is 1. The van der Waals surface area contributed by atoms with Gasteiger partial charge in [-0.3, -0.25) is 14.6 Å². The van der Waals surface area contributed by atoms with Gasteiger partial charge in [-0.05, 0) is 43.7 Å². The summed E-state index contributed by atoms with van der Waals surface area (Å²) in [4.78, 5) is 17.3. The molecule has 0 radical (unpaired) electrons. The summed E-state index contributed by atoms with van der Waals surface area (Å²) in [7, 11) is 1.64. The maximum Gasteiger partial charge on any atom is 0.237 e. The van der Waals surface area contributed by atoms with Crippen LogP contribution in [0.15, 0.2) is 48.5 Å². The fourth-order valence-corrected chi connectivity index (χ4v) is 3.73. The van der Waals surface area contributed by atoms with Crippen molar-refractivity contribution in [2.24, 2.45) is 0 Å². The molecule has 3 rings (SSSR count). The van der Waals surface area contributed by atoms with Crippen LogP contribution >= 0.6 is 0 Å². The summed E-state index contributed by atoms with van der Waals surface area (Å²) in [5, 5.41) is 3.04. The summed E-state index contributed by atoms with van der Waals surface area (Å²) < 4.78 is 18.4. The van der Waals surface area contributed by atoms with Gasteiger partial charge in [0.25, 0.3) is 0 Å². The second-order valence-corrected chi connectivity index (χ2v) is 7.50. The molecule has 0 aliphatic carbocycles. The largest absolute Gasteiger partial charge is 0.496 e. The normalized spacial score (nSPS) is 16.8. The van der Waals surface area contributed by atoms with Gasteiger partial charge in [-0.25, -0.2) is 4.39 Å². The lowest BCUT2D eigenvalue weighted by molar-refractivity contribution is -0.126. The van der Waals surface area contributed by atoms with Gasteiger partial charge in [0.05, 0.1) is 13.2 Å². The molecule has 1 aliphatic heterocycles. The molecule has 0 aromatic heterocycles. The molecule has 0 saturated carbocycles. The Morgan fingerprint density at radius 2 is 1.86 bits per heavy atom. The lowest BCUT2D eigenvalue weighted by atomic mass is 10.2. The molecule has 1 N–H and O–H groups in total. The zero-order valence-electron chi connectivity index (χ0n) is 17.2. The molecule has 1 unspecified atom stereocenters. The van der Waals surface area contributed by atoms with Crippen LogP contribution in [-0.2, 0) is 17.9 Å². The number of carbonyl (C=O) groups excluding carboxylic acids is 1. The molecule has 1 atom stereocenters. The highest BCUT2D eigenvalue weighted by atomic mass is 19.1. The van der Waals surface area contributed by atoms with E-state index in [1.165, 1.54) is 12.1 Å². The Morgan fingerprint density at radius 1 is 1.10 bits per heavy atom. The molecule has 1 amide bonds. The van der Waals surface area contributed by atoms with Gasteiger partial charge in [0, 0.05) is 38.3 Å². The Bertz CT molecular complexity index is 797. The summed E-state index contributed by atoms with van der Waals surface area (Å²) in [6, 6.07) is 14.2. The molecule has 2 aromatic rings. The number of nitrogens with one attached hydrogen (secondary N) is 1. The lowest BCUT2D eigenvalue weighted by Gasteiger charge is -2.27. The molecule has 1 fully saturated rings. The molecule has 5 nitrogen and oxygen atoms in total. The van der Waals surface area contributed by atoms with Crippen molar-refractivity contribution in [2.45, 2.75) is 32.5 Å². The van der Waals surface area contributed by atoms with Crippen LogP contribution in [0.1, 0.15) is 24.5 Å². The molecular weight excluding hydrogens is 369 g/mol. The predicted molar refractivity (Wildman–Crippen MR) is 112 cm³/mol. The van der Waals surface area contributed by atoms with Crippen molar-refractivity contribution in [3.8, 4) is 5.75 Å². The standard InChI is InChI=1S/C23H30FN3O2/c1-18(23(28)25-16-20-6-3-4-7-22(20)29-2)27-13-5-12-26(14-15-27)17-19-8-10-21(24)11-9-19/h3-4,6-11,18H,5,12-17H2,1-2H3,(H,25,28). The van der Waals surface area contributed by atoms with E-state index in [4.69, 9.17) is 4.74 Å². The average Bonchev–Trinajstić information content (AvgIpc) is 2.99. The number of benzene rings is 2. The minimum absolute atomic E-state index is 0.0305. The molecule has 29 heavy (non-hydrogen) atoms. The third-order valence-electron chi connectivity index (χ3n) is 5.52. The van der Waals surface area contributed by atoms with Crippen LogP contribution in [0.25, 0.3) is 0 Å². The quantitative estimate of drug-likeness (QED) is 0.777. The number of carbonyl (C=O) groups is 1. The molecule has 0 spiro atoms. The second-order valence-electron chi connectivity index (χ2n) is 7.50. The van der Waals surface area contributed by atoms with E-state index in [0.29, 0.717) is 6.54 Å². The van der Waals surface area contributed by atoms with Crippen molar-refractivity contribution in [3.05, 3.63) is 65.5 Å². The Kier molecular flexibility index (Phi) is 7.61. The van der Waals surface area contributed by atoms with E-state index in [0.717, 1.165) is 56.0 Å². The third kappa shape index (κ3) is 6.02. The Morgan fingerprint density at radius 3 is 2.62 bits per heavy atom. The van der Waals surface area contributed by atoms with Crippen LogP contribution in [0.3, 0.4) is 0 Å². The van der Waals surface area contributed by atoms with E-state index in [2.05, 4.69) is 15.1 Å². The monoisotopic (exact) mass is 399 g/mol. The van der Waals surface area contributed by atoms with Crippen LogP contribution < -0.4 is 10.1 Å². The lowest BCUT2D eigenvalue weighted by Crippen LogP contribution is -2.46. The molecule has 1 saturated heterocycles. The van der Waals surface area contributed by atoms with E-state index in [1.54, 1.807) is 7.11 Å². The van der Waals surface area contributed by atoms with Gasteiger partial charge in [-0.2, -0.15) is 0 Å². The zero-order valence-corrected chi connectivity index (χ0v) is 17.2. The van der Waals surface area contributed by atoms with Crippen molar-refractivity contribution < 1.29 is 13.9 Å². The molecule has 1 aliphatic rings. The first kappa shape index (κ1) is 21.3. The number of hydrogen-bond acceptors (Lipinski definition) is 4. The van der Waals surface area contributed by atoms with Crippen LogP contribution in [0.4, 0.5) is 4.39 Å². The third-order valence-corrected chi connectivity index (χ3v) is 5.52. The first-order chi connectivity index (χ1) is 14.1. The fourth-order valence-electron chi connectivity index (χ4n) is 3.73. The first-order valence-electron chi connectivity index (χ1n) is 10.2. The number of amides is 1. The number of methoxy groups -OCH3 is 1. The average molecular weight is 400 g/mol. The van der Waals surface area contributed by atoms with Crippen molar-refractivity contribution in [1.82, 2.24) is 15.1 Å². The van der Waals surface area contributed by atoms with Gasteiger partial charge in [0.2, 0.25) is 5.91 Å². The summed E-state index contributed by atoms with van der Waals surface area (Å²) >= 11 is 0. The van der Waals surface area contributed by atoms with Crippen molar-refractivity contribution in [3.63, 3.8) is 0 Å². The highest BCUT2D eigenvalue weighted by Crippen LogP contribution is 2.17. The van der Waals surface area contributed by atoms with Crippen molar-refractivity contribution in [1.29, 1.82) is 0 Å². The van der Waals surface area contributed by atoms with Gasteiger partial charge < -0.3 is 10.1 Å². The zero-order chi connectivity index (χ0) is 20.6. The Balaban J connectivity index is 1.49. The first-order valence-corrected chi connectivity index (χ1v) is 10.2. The smallest absolute Gasteiger partial charge is 0.237 e. The Labute approximate surface area is 172 Å². The van der Waals surface area contributed by atoms with Crippen LogP contribution in [0.2, 0.25) is 0 Å². The van der Waals surface area contributed by atoms with E-state index in [1.807, 2.05) is 43.3 Å². The number of ether oxygens (including phenoxy) is 1. The maximum atomic E-state index is 13.1. The summed E-state index contributed by atoms with van der Waals surface area (Å²) in [6.07, 6.45) is 1.01. The number of nitrogens with zero attached hydrogens (tertiary/aromatic N) is 2. The van der Waals surface area contributed by atoms with E-state index >= 15 is 0 Å². The van der Waals surface area contributed by atoms with Crippen molar-refractivity contribution >= 4 is 5.91 Å². The number of para-hydroxylation sites is 1. The van der Waals surface area contributed by atoms with Gasteiger partial charge in [0.15, 0.2) is 0 Å². The van der Waals surface area contributed by atoms with Gasteiger partial charge in [-0.1, -0.05) is 30.3 Å². The van der Waals surface area contributed by atoms with Gasteiger partial charge in [-0.15, -0.1) is 0 Å². The summed E-state index contributed by atoms with van der Waals surface area (Å²) in [5.74, 6) is 0.610. The summed E-state index contributed by atoms with van der Waals surface area (Å²) in [6.45, 7) is 6.83. The van der Waals surface area contributed by atoms with Crippen LogP contribution in [0, 0.1) is 5.82 Å². The topological polar surface area (TPSA) is 44.8 Å². The van der Waals surface area contributed by atoms with Gasteiger partial charge >= 0.3 is 0 Å². The van der Waals surface area contributed by atoms with E-state index in [9.17, 15) is 9.18 Å². The molecule has 1 heterocycles. The minimum atomic E-state index is -0.205. The van der Waals surface area contributed by atoms with E-state index < -0.39 is 0 Å². The number of halogens is 1. The van der Waals surface area contributed by atoms with Crippen molar-refractivity contribution in [2.75, 3.05) is 33.3 Å².